The van der Waals surface area contributed by atoms with Crippen molar-refractivity contribution < 1.29 is 14.3 Å². The van der Waals surface area contributed by atoms with Gasteiger partial charge in [0.25, 0.3) is 0 Å². The molecule has 140 valence electrons. The molecule has 0 saturated heterocycles. The monoisotopic (exact) mass is 346 g/mol. The summed E-state index contributed by atoms with van der Waals surface area (Å²) in [7, 11) is 3.56. The van der Waals surface area contributed by atoms with Gasteiger partial charge in [0.2, 0.25) is 0 Å². The third-order valence-corrected chi connectivity index (χ3v) is 8.47. The third kappa shape index (κ3) is 2.41. The summed E-state index contributed by atoms with van der Waals surface area (Å²) in [6.45, 7) is 6.86. The standard InChI is InChI=1S/C22H34O3/c1-13-10-15-12-22(24-4,25-5)9-7-16(15)17-6-8-21(3)18(19(13)17)11-14(2)20(21)23/h13-14,17-19H,6-12H2,1-5H3/t13-,14-,17-,18+,19-,21+/m1/s1. The Bertz CT molecular complexity index is 602. The van der Waals surface area contributed by atoms with Crippen LogP contribution in [0.15, 0.2) is 11.1 Å². The summed E-state index contributed by atoms with van der Waals surface area (Å²) in [5.41, 5.74) is 3.26. The number of ketones is 1. The first-order valence-electron chi connectivity index (χ1n) is 10.2. The maximum atomic E-state index is 12.8. The summed E-state index contributed by atoms with van der Waals surface area (Å²) < 4.78 is 11.5. The molecular formula is C22H34O3. The van der Waals surface area contributed by atoms with Gasteiger partial charge in [-0.05, 0) is 55.8 Å². The van der Waals surface area contributed by atoms with Crippen molar-refractivity contribution in [3.05, 3.63) is 11.1 Å². The van der Waals surface area contributed by atoms with E-state index in [0.717, 1.165) is 32.1 Å². The lowest BCUT2D eigenvalue weighted by atomic mass is 9.51. The normalized spacial score (nSPS) is 45.8. The number of fused-ring (bicyclic) bond motifs is 4. The topological polar surface area (TPSA) is 35.5 Å². The average molecular weight is 347 g/mol. The minimum absolute atomic E-state index is 0.0512. The van der Waals surface area contributed by atoms with E-state index in [-0.39, 0.29) is 11.3 Å². The highest BCUT2D eigenvalue weighted by Gasteiger charge is 2.59. The Morgan fingerprint density at radius 1 is 1.12 bits per heavy atom. The first-order chi connectivity index (χ1) is 11.8. The van der Waals surface area contributed by atoms with Crippen molar-refractivity contribution >= 4 is 5.78 Å². The number of rotatable bonds is 2. The van der Waals surface area contributed by atoms with Gasteiger partial charge < -0.3 is 9.47 Å². The zero-order valence-electron chi connectivity index (χ0n) is 16.6. The molecule has 25 heavy (non-hydrogen) atoms. The van der Waals surface area contributed by atoms with Crippen LogP contribution >= 0.6 is 0 Å². The Balaban J connectivity index is 1.67. The Morgan fingerprint density at radius 3 is 2.52 bits per heavy atom. The van der Waals surface area contributed by atoms with Gasteiger partial charge in [-0.2, -0.15) is 0 Å². The molecule has 2 fully saturated rings. The zero-order valence-corrected chi connectivity index (χ0v) is 16.6. The van der Waals surface area contributed by atoms with E-state index in [4.69, 9.17) is 9.47 Å². The van der Waals surface area contributed by atoms with Crippen LogP contribution < -0.4 is 0 Å². The Hall–Kier alpha value is -0.670. The first-order valence-corrected chi connectivity index (χ1v) is 10.2. The van der Waals surface area contributed by atoms with Gasteiger partial charge in [0.05, 0.1) is 0 Å². The predicted molar refractivity (Wildman–Crippen MR) is 98.0 cm³/mol. The lowest BCUT2D eigenvalue weighted by Crippen LogP contribution is -2.48. The van der Waals surface area contributed by atoms with Crippen molar-refractivity contribution in [2.45, 2.75) is 71.5 Å². The fraction of sp³-hybridized carbons (Fsp3) is 0.864. The minimum Gasteiger partial charge on any atom is -0.353 e. The van der Waals surface area contributed by atoms with Gasteiger partial charge in [-0.3, -0.25) is 4.79 Å². The number of carbonyl (C=O) groups is 1. The van der Waals surface area contributed by atoms with Crippen molar-refractivity contribution in [2.75, 3.05) is 14.2 Å². The summed E-state index contributed by atoms with van der Waals surface area (Å²) in [5.74, 6) is 3.05. The second kappa shape index (κ2) is 5.92. The molecule has 0 heterocycles. The third-order valence-electron chi connectivity index (χ3n) is 8.47. The van der Waals surface area contributed by atoms with Gasteiger partial charge in [0.15, 0.2) is 5.79 Å². The van der Waals surface area contributed by atoms with Crippen molar-refractivity contribution in [2.24, 2.45) is 35.0 Å². The zero-order chi connectivity index (χ0) is 18.0. The summed E-state index contributed by atoms with van der Waals surface area (Å²) >= 11 is 0. The van der Waals surface area contributed by atoms with Crippen LogP contribution in [0.25, 0.3) is 0 Å². The molecule has 0 unspecified atom stereocenters. The van der Waals surface area contributed by atoms with E-state index in [1.807, 2.05) is 0 Å². The summed E-state index contributed by atoms with van der Waals surface area (Å²) in [6.07, 6.45) is 7.58. The molecule has 4 aliphatic carbocycles. The number of hydrogen-bond donors (Lipinski definition) is 0. The molecule has 0 amide bonds. The van der Waals surface area contributed by atoms with Crippen molar-refractivity contribution in [1.29, 1.82) is 0 Å². The molecule has 3 nitrogen and oxygen atoms in total. The summed E-state index contributed by atoms with van der Waals surface area (Å²) in [5, 5.41) is 0. The summed E-state index contributed by atoms with van der Waals surface area (Å²) in [4.78, 5) is 12.8. The van der Waals surface area contributed by atoms with E-state index in [1.54, 1.807) is 25.4 Å². The van der Waals surface area contributed by atoms with Crippen LogP contribution in [0, 0.1) is 35.0 Å². The van der Waals surface area contributed by atoms with Crippen LogP contribution in [-0.4, -0.2) is 25.8 Å². The van der Waals surface area contributed by atoms with Gasteiger partial charge in [-0.25, -0.2) is 0 Å². The average Bonchev–Trinajstić information content (AvgIpc) is 2.84. The van der Waals surface area contributed by atoms with Gasteiger partial charge in [0, 0.05) is 38.4 Å². The number of allylic oxidation sites excluding steroid dienone is 1. The van der Waals surface area contributed by atoms with Crippen molar-refractivity contribution in [1.82, 2.24) is 0 Å². The summed E-state index contributed by atoms with van der Waals surface area (Å²) in [6, 6.07) is 0. The van der Waals surface area contributed by atoms with Crippen LogP contribution in [-0.2, 0) is 14.3 Å². The highest BCUT2D eigenvalue weighted by Crippen LogP contribution is 2.62. The number of ether oxygens (including phenoxy) is 2. The van der Waals surface area contributed by atoms with Gasteiger partial charge in [0.1, 0.15) is 5.78 Å². The van der Waals surface area contributed by atoms with E-state index >= 15 is 0 Å². The fourth-order valence-electron chi connectivity index (χ4n) is 7.15. The largest absolute Gasteiger partial charge is 0.353 e. The second-order valence-electron chi connectivity index (χ2n) is 9.55. The van der Waals surface area contributed by atoms with Crippen LogP contribution in [0.4, 0.5) is 0 Å². The first kappa shape index (κ1) is 17.7. The molecule has 0 spiro atoms. The Morgan fingerprint density at radius 2 is 1.84 bits per heavy atom. The maximum Gasteiger partial charge on any atom is 0.171 e. The van der Waals surface area contributed by atoms with E-state index in [9.17, 15) is 4.79 Å². The van der Waals surface area contributed by atoms with Crippen LogP contribution in [0.2, 0.25) is 0 Å². The van der Waals surface area contributed by atoms with E-state index < -0.39 is 5.79 Å². The molecule has 4 rings (SSSR count). The highest BCUT2D eigenvalue weighted by molar-refractivity contribution is 5.89. The molecule has 0 aromatic heterocycles. The molecule has 0 aromatic rings. The van der Waals surface area contributed by atoms with Gasteiger partial charge in [-0.1, -0.05) is 31.9 Å². The van der Waals surface area contributed by atoms with Crippen LogP contribution in [0.5, 0.6) is 0 Å². The van der Waals surface area contributed by atoms with Gasteiger partial charge >= 0.3 is 0 Å². The minimum atomic E-state index is -0.410. The molecule has 0 aromatic carbocycles. The Labute approximate surface area is 152 Å². The molecule has 0 aliphatic heterocycles. The maximum absolute atomic E-state index is 12.8. The number of carbonyl (C=O) groups excluding carboxylic acids is 1. The molecule has 0 N–H and O–H groups in total. The van der Waals surface area contributed by atoms with E-state index in [0.29, 0.717) is 29.5 Å². The van der Waals surface area contributed by atoms with E-state index in [1.165, 1.54) is 12.8 Å². The van der Waals surface area contributed by atoms with Crippen molar-refractivity contribution in [3.63, 3.8) is 0 Å². The number of hydrogen-bond acceptors (Lipinski definition) is 3. The Kier molecular flexibility index (Phi) is 4.20. The van der Waals surface area contributed by atoms with Crippen LogP contribution in [0.1, 0.15) is 65.7 Å². The molecular weight excluding hydrogens is 312 g/mol. The lowest BCUT2D eigenvalue weighted by Gasteiger charge is -2.53. The number of methoxy groups -OCH3 is 2. The quantitative estimate of drug-likeness (QED) is 0.534. The van der Waals surface area contributed by atoms with E-state index in [2.05, 4.69) is 20.8 Å². The van der Waals surface area contributed by atoms with Gasteiger partial charge in [-0.15, -0.1) is 0 Å². The fourth-order valence-corrected chi connectivity index (χ4v) is 7.15. The highest BCUT2D eigenvalue weighted by atomic mass is 16.7. The second-order valence-corrected chi connectivity index (χ2v) is 9.55. The molecule has 2 saturated carbocycles. The smallest absolute Gasteiger partial charge is 0.171 e. The molecule has 0 bridgehead atoms. The lowest BCUT2D eigenvalue weighted by molar-refractivity contribution is -0.213. The predicted octanol–water partition coefficient (Wildman–Crippen LogP) is 4.75. The molecule has 4 aliphatic rings. The van der Waals surface area contributed by atoms with Crippen LogP contribution in [0.3, 0.4) is 0 Å². The van der Waals surface area contributed by atoms with Crippen molar-refractivity contribution in [3.8, 4) is 0 Å². The SMILES string of the molecule is COC1(OC)CCC2=C(C[C@@H](C)[C@@H]3[C@@H]2CC[C@]2(C)C(=O)[C@H](C)C[C@@H]32)C1. The molecule has 3 heteroatoms. The molecule has 6 atom stereocenters. The molecule has 0 radical (unpaired) electrons. The number of Topliss-reactive ketones (excluding diaryl/α,β-unsaturated/α-hetero) is 1.